The number of hydrogen-bond acceptors (Lipinski definition) is 4. The molecule has 1 unspecified atom stereocenters. The molecule has 31 heavy (non-hydrogen) atoms. The Kier molecular flexibility index (Phi) is 6.47. The van der Waals surface area contributed by atoms with Gasteiger partial charge >= 0.3 is 0 Å². The molecule has 1 fully saturated rings. The molecule has 1 aliphatic carbocycles. The number of hydrazine groups is 1. The Morgan fingerprint density at radius 2 is 1.55 bits per heavy atom. The topological polar surface area (TPSA) is 69.7 Å². The van der Waals surface area contributed by atoms with Crippen molar-refractivity contribution in [1.29, 1.82) is 0 Å². The van der Waals surface area contributed by atoms with Gasteiger partial charge in [-0.15, -0.1) is 0 Å². The summed E-state index contributed by atoms with van der Waals surface area (Å²) in [4.78, 5) is 39.7. The van der Waals surface area contributed by atoms with Crippen LogP contribution in [-0.2, 0) is 11.3 Å². The first kappa shape index (κ1) is 21.2. The number of carbonyl (C=O) groups is 3. The summed E-state index contributed by atoms with van der Waals surface area (Å²) in [6, 6.07) is 16.0. The second kappa shape index (κ2) is 9.43. The Hall–Kier alpha value is -2.99. The molecule has 162 valence electrons. The van der Waals surface area contributed by atoms with Crippen molar-refractivity contribution >= 4 is 17.7 Å². The molecular formula is C25H29N3O3. The van der Waals surface area contributed by atoms with Crippen LogP contribution in [0.3, 0.4) is 0 Å². The van der Waals surface area contributed by atoms with Crippen LogP contribution < -0.4 is 5.32 Å². The van der Waals surface area contributed by atoms with Gasteiger partial charge < -0.3 is 5.32 Å². The summed E-state index contributed by atoms with van der Waals surface area (Å²) in [5, 5.41) is 6.00. The molecule has 3 amide bonds. The number of amides is 3. The molecule has 0 spiro atoms. The molecule has 6 heteroatoms. The molecule has 1 saturated carbocycles. The van der Waals surface area contributed by atoms with Gasteiger partial charge in [-0.2, -0.15) is 5.01 Å². The summed E-state index contributed by atoms with van der Waals surface area (Å²) in [6.45, 7) is 2.21. The molecule has 2 aromatic carbocycles. The van der Waals surface area contributed by atoms with Gasteiger partial charge in [0.05, 0.1) is 11.1 Å². The van der Waals surface area contributed by atoms with Gasteiger partial charge in [0.2, 0.25) is 5.91 Å². The van der Waals surface area contributed by atoms with Crippen LogP contribution in [0.4, 0.5) is 0 Å². The first-order valence-electron chi connectivity index (χ1n) is 11.2. The lowest BCUT2D eigenvalue weighted by atomic mass is 9.95. The molecule has 1 aliphatic heterocycles. The van der Waals surface area contributed by atoms with Gasteiger partial charge in [0, 0.05) is 12.6 Å². The Morgan fingerprint density at radius 3 is 2.13 bits per heavy atom. The first-order chi connectivity index (χ1) is 15.1. The lowest BCUT2D eigenvalue weighted by Gasteiger charge is -2.36. The normalized spacial score (nSPS) is 17.7. The zero-order chi connectivity index (χ0) is 21.8. The summed E-state index contributed by atoms with van der Waals surface area (Å²) in [7, 11) is 0. The Bertz CT molecular complexity index is 918. The minimum atomic E-state index is -0.621. The number of carbonyl (C=O) groups excluding carboxylic acids is 3. The maximum Gasteiger partial charge on any atom is 0.276 e. The number of fused-ring (bicyclic) bond motifs is 1. The lowest BCUT2D eigenvalue weighted by Crippen LogP contribution is -2.57. The maximum absolute atomic E-state index is 13.3. The Morgan fingerprint density at radius 1 is 0.968 bits per heavy atom. The van der Waals surface area contributed by atoms with E-state index in [0.29, 0.717) is 24.1 Å². The first-order valence-corrected chi connectivity index (χ1v) is 11.2. The highest BCUT2D eigenvalue weighted by atomic mass is 16.2. The molecule has 0 radical (unpaired) electrons. The number of nitrogens with one attached hydrogen (secondary N) is 1. The number of nitrogens with zero attached hydrogens (tertiary/aromatic N) is 2. The van der Waals surface area contributed by atoms with Crippen molar-refractivity contribution in [1.82, 2.24) is 15.3 Å². The van der Waals surface area contributed by atoms with Gasteiger partial charge in [-0.05, 0) is 37.0 Å². The molecule has 2 aliphatic rings. The van der Waals surface area contributed by atoms with Crippen LogP contribution in [0.5, 0.6) is 0 Å². The molecule has 4 rings (SSSR count). The molecule has 1 heterocycles. The van der Waals surface area contributed by atoms with E-state index in [-0.39, 0.29) is 23.8 Å². The van der Waals surface area contributed by atoms with Crippen molar-refractivity contribution < 1.29 is 14.4 Å². The van der Waals surface area contributed by atoms with E-state index in [4.69, 9.17) is 0 Å². The summed E-state index contributed by atoms with van der Waals surface area (Å²) in [5.74, 6) is -0.872. The third-order valence-corrected chi connectivity index (χ3v) is 6.22. The average Bonchev–Trinajstić information content (AvgIpc) is 3.05. The quantitative estimate of drug-likeness (QED) is 0.691. The third kappa shape index (κ3) is 4.39. The zero-order valence-electron chi connectivity index (χ0n) is 17.9. The van der Waals surface area contributed by atoms with Crippen molar-refractivity contribution in [3.63, 3.8) is 0 Å². The summed E-state index contributed by atoms with van der Waals surface area (Å²) in [5.41, 5.74) is 1.70. The third-order valence-electron chi connectivity index (χ3n) is 6.22. The van der Waals surface area contributed by atoms with E-state index in [1.54, 1.807) is 29.3 Å². The molecule has 0 saturated heterocycles. The largest absolute Gasteiger partial charge is 0.352 e. The highest BCUT2D eigenvalue weighted by Crippen LogP contribution is 2.28. The number of benzene rings is 2. The minimum Gasteiger partial charge on any atom is -0.352 e. The van der Waals surface area contributed by atoms with Crippen LogP contribution >= 0.6 is 0 Å². The lowest BCUT2D eigenvalue weighted by molar-refractivity contribution is -0.133. The van der Waals surface area contributed by atoms with E-state index in [0.717, 1.165) is 31.2 Å². The minimum absolute atomic E-state index is 0.123. The fourth-order valence-corrected chi connectivity index (χ4v) is 4.58. The predicted molar refractivity (Wildman–Crippen MR) is 118 cm³/mol. The van der Waals surface area contributed by atoms with Gasteiger partial charge in [0.25, 0.3) is 11.8 Å². The summed E-state index contributed by atoms with van der Waals surface area (Å²) in [6.07, 6.45) is 5.89. The molecule has 2 aromatic rings. The zero-order valence-corrected chi connectivity index (χ0v) is 17.9. The second-order valence-corrected chi connectivity index (χ2v) is 8.32. The van der Waals surface area contributed by atoms with Crippen LogP contribution in [0.25, 0.3) is 0 Å². The summed E-state index contributed by atoms with van der Waals surface area (Å²) >= 11 is 0. The SMILES string of the molecule is CCC(C(=O)NC1CCCCC1)N(Cc1ccccc1)N1C(=O)c2ccccc2C1=O. The predicted octanol–water partition coefficient (Wildman–Crippen LogP) is 3.93. The van der Waals surface area contributed by atoms with E-state index in [9.17, 15) is 14.4 Å². The molecule has 6 nitrogen and oxygen atoms in total. The molecule has 0 bridgehead atoms. The second-order valence-electron chi connectivity index (χ2n) is 8.32. The van der Waals surface area contributed by atoms with Crippen molar-refractivity contribution in [3.05, 3.63) is 71.3 Å². The number of hydrogen-bond donors (Lipinski definition) is 1. The van der Waals surface area contributed by atoms with E-state index in [1.807, 2.05) is 37.3 Å². The fraction of sp³-hybridized carbons (Fsp3) is 0.400. The van der Waals surface area contributed by atoms with E-state index in [1.165, 1.54) is 11.4 Å². The monoisotopic (exact) mass is 419 g/mol. The standard InChI is InChI=1S/C25H29N3O3/c1-2-22(23(29)26-19-13-7-4-8-14-19)27(17-18-11-5-3-6-12-18)28-24(30)20-15-9-10-16-21(20)25(28)31/h3,5-6,9-12,15-16,19,22H,2,4,7-8,13-14,17H2,1H3,(H,26,29). The van der Waals surface area contributed by atoms with Crippen LogP contribution in [0, 0.1) is 0 Å². The van der Waals surface area contributed by atoms with Crippen molar-refractivity contribution in [2.75, 3.05) is 0 Å². The molecule has 1 N–H and O–H groups in total. The number of imide groups is 1. The van der Waals surface area contributed by atoms with Crippen LogP contribution in [0.15, 0.2) is 54.6 Å². The number of rotatable bonds is 7. The molecular weight excluding hydrogens is 390 g/mol. The molecule has 0 aromatic heterocycles. The van der Waals surface area contributed by atoms with Gasteiger partial charge in [-0.1, -0.05) is 68.7 Å². The van der Waals surface area contributed by atoms with Crippen LogP contribution in [-0.4, -0.2) is 39.8 Å². The smallest absolute Gasteiger partial charge is 0.276 e. The highest BCUT2D eigenvalue weighted by Gasteiger charge is 2.43. The van der Waals surface area contributed by atoms with Gasteiger partial charge in [0.15, 0.2) is 0 Å². The van der Waals surface area contributed by atoms with Crippen molar-refractivity contribution in [2.45, 2.75) is 64.1 Å². The Balaban J connectivity index is 1.64. The van der Waals surface area contributed by atoms with Crippen molar-refractivity contribution in [2.24, 2.45) is 0 Å². The van der Waals surface area contributed by atoms with E-state index in [2.05, 4.69) is 5.32 Å². The Labute approximate surface area is 183 Å². The van der Waals surface area contributed by atoms with E-state index < -0.39 is 6.04 Å². The van der Waals surface area contributed by atoms with Gasteiger partial charge in [0.1, 0.15) is 6.04 Å². The van der Waals surface area contributed by atoms with Crippen LogP contribution in [0.2, 0.25) is 0 Å². The van der Waals surface area contributed by atoms with Gasteiger partial charge in [-0.25, -0.2) is 5.01 Å². The average molecular weight is 420 g/mol. The van der Waals surface area contributed by atoms with Gasteiger partial charge in [-0.3, -0.25) is 14.4 Å². The van der Waals surface area contributed by atoms with Crippen LogP contribution in [0.1, 0.15) is 71.7 Å². The fourth-order valence-electron chi connectivity index (χ4n) is 4.58. The highest BCUT2D eigenvalue weighted by molar-refractivity contribution is 6.21. The van der Waals surface area contributed by atoms with E-state index >= 15 is 0 Å². The molecule has 1 atom stereocenters. The van der Waals surface area contributed by atoms with Crippen molar-refractivity contribution in [3.8, 4) is 0 Å². The maximum atomic E-state index is 13.3. The summed E-state index contributed by atoms with van der Waals surface area (Å²) < 4.78 is 0.